The fourth-order valence-corrected chi connectivity index (χ4v) is 6.72. The Bertz CT molecular complexity index is 683. The summed E-state index contributed by atoms with van der Waals surface area (Å²) in [6.45, 7) is 5.89. The first-order chi connectivity index (χ1) is 12.1. The van der Waals surface area contributed by atoms with Crippen molar-refractivity contribution in [3.8, 4) is 0 Å². The summed E-state index contributed by atoms with van der Waals surface area (Å²) in [5, 5.41) is 0. The van der Waals surface area contributed by atoms with Gasteiger partial charge in [-0.3, -0.25) is 9.59 Å². The van der Waals surface area contributed by atoms with E-state index < -0.39 is 0 Å². The summed E-state index contributed by atoms with van der Waals surface area (Å²) in [7, 11) is 0. The van der Waals surface area contributed by atoms with Crippen LogP contribution < -0.4 is 0 Å². The van der Waals surface area contributed by atoms with Gasteiger partial charge in [0.05, 0.1) is 10.3 Å². The molecule has 1 aromatic heterocycles. The SMILES string of the molecule is CC[C@@]1(C(=O)N2CCSCC2)C[C@@H]2CC[C@H]1N2C(=O)c1ccc(C)s1. The van der Waals surface area contributed by atoms with Crippen molar-refractivity contribution in [2.75, 3.05) is 24.6 Å². The van der Waals surface area contributed by atoms with E-state index in [1.165, 1.54) is 4.88 Å². The Balaban J connectivity index is 1.61. The lowest BCUT2D eigenvalue weighted by Crippen LogP contribution is -2.53. The molecule has 0 unspecified atom stereocenters. The van der Waals surface area contributed by atoms with Crippen molar-refractivity contribution in [1.29, 1.82) is 0 Å². The van der Waals surface area contributed by atoms with Crippen LogP contribution in [0.3, 0.4) is 0 Å². The molecule has 0 aromatic carbocycles. The molecule has 136 valence electrons. The maximum Gasteiger partial charge on any atom is 0.264 e. The van der Waals surface area contributed by atoms with Crippen LogP contribution >= 0.6 is 23.1 Å². The highest BCUT2D eigenvalue weighted by Gasteiger charge is 2.61. The van der Waals surface area contributed by atoms with E-state index in [0.717, 1.165) is 55.2 Å². The van der Waals surface area contributed by atoms with Gasteiger partial charge in [0.15, 0.2) is 0 Å². The maximum atomic E-state index is 13.4. The second kappa shape index (κ2) is 6.62. The van der Waals surface area contributed by atoms with Gasteiger partial charge in [0.2, 0.25) is 5.91 Å². The van der Waals surface area contributed by atoms with Crippen LogP contribution in [-0.4, -0.2) is 58.3 Å². The van der Waals surface area contributed by atoms with Crippen molar-refractivity contribution in [3.63, 3.8) is 0 Å². The summed E-state index contributed by atoms with van der Waals surface area (Å²) in [5.41, 5.74) is -0.354. The topological polar surface area (TPSA) is 40.6 Å². The van der Waals surface area contributed by atoms with Gasteiger partial charge in [-0.15, -0.1) is 11.3 Å². The first-order valence-electron chi connectivity index (χ1n) is 9.33. The van der Waals surface area contributed by atoms with Gasteiger partial charge in [0.1, 0.15) is 0 Å². The number of thioether (sulfide) groups is 1. The molecule has 0 saturated carbocycles. The predicted molar refractivity (Wildman–Crippen MR) is 103 cm³/mol. The second-order valence-electron chi connectivity index (χ2n) is 7.49. The number of nitrogens with zero attached hydrogens (tertiary/aromatic N) is 2. The van der Waals surface area contributed by atoms with Crippen molar-refractivity contribution >= 4 is 34.9 Å². The van der Waals surface area contributed by atoms with Crippen molar-refractivity contribution in [2.45, 2.75) is 51.6 Å². The summed E-state index contributed by atoms with van der Waals surface area (Å²) in [5.74, 6) is 2.53. The van der Waals surface area contributed by atoms with Gasteiger partial charge in [-0.25, -0.2) is 0 Å². The molecule has 6 heteroatoms. The third-order valence-electron chi connectivity index (χ3n) is 6.28. The van der Waals surface area contributed by atoms with Crippen LogP contribution in [0.2, 0.25) is 0 Å². The van der Waals surface area contributed by atoms with E-state index in [0.29, 0.717) is 5.91 Å². The average Bonchev–Trinajstić information content (AvgIpc) is 3.34. The van der Waals surface area contributed by atoms with Gasteiger partial charge in [0.25, 0.3) is 5.91 Å². The van der Waals surface area contributed by atoms with Crippen LogP contribution in [0.1, 0.15) is 47.2 Å². The Morgan fingerprint density at radius 2 is 2.00 bits per heavy atom. The number of carbonyl (C=O) groups is 2. The van der Waals surface area contributed by atoms with Gasteiger partial charge in [0, 0.05) is 41.6 Å². The number of thiophene rings is 1. The van der Waals surface area contributed by atoms with E-state index in [4.69, 9.17) is 0 Å². The molecule has 4 heterocycles. The highest BCUT2D eigenvalue weighted by Crippen LogP contribution is 2.53. The quantitative estimate of drug-likeness (QED) is 0.809. The van der Waals surface area contributed by atoms with E-state index >= 15 is 0 Å². The molecule has 4 nitrogen and oxygen atoms in total. The summed E-state index contributed by atoms with van der Waals surface area (Å²) in [4.78, 5) is 32.7. The maximum absolute atomic E-state index is 13.4. The molecule has 3 fully saturated rings. The molecular weight excluding hydrogens is 352 g/mol. The first kappa shape index (κ1) is 17.4. The van der Waals surface area contributed by atoms with Crippen LogP contribution in [-0.2, 0) is 4.79 Å². The molecule has 2 amide bonds. The fourth-order valence-electron chi connectivity index (χ4n) is 5.01. The molecule has 3 saturated heterocycles. The molecule has 2 bridgehead atoms. The van der Waals surface area contributed by atoms with Crippen LogP contribution in [0.25, 0.3) is 0 Å². The third-order valence-corrected chi connectivity index (χ3v) is 8.21. The van der Waals surface area contributed by atoms with Crippen LogP contribution in [0.4, 0.5) is 0 Å². The Kier molecular flexibility index (Phi) is 4.61. The minimum atomic E-state index is -0.354. The summed E-state index contributed by atoms with van der Waals surface area (Å²) in [6.07, 6.45) is 3.71. The molecule has 4 rings (SSSR count). The molecule has 0 radical (unpaired) electrons. The molecule has 0 aliphatic carbocycles. The lowest BCUT2D eigenvalue weighted by Gasteiger charge is -2.40. The van der Waals surface area contributed by atoms with Gasteiger partial charge >= 0.3 is 0 Å². The smallest absolute Gasteiger partial charge is 0.264 e. The first-order valence-corrected chi connectivity index (χ1v) is 11.3. The molecular formula is C19H26N2O2S2. The minimum absolute atomic E-state index is 0.0829. The number of rotatable bonds is 3. The molecule has 0 spiro atoms. The van der Waals surface area contributed by atoms with Gasteiger partial charge < -0.3 is 9.80 Å². The predicted octanol–water partition coefficient (Wildman–Crippen LogP) is 3.41. The normalized spacial score (nSPS) is 31.6. The molecule has 3 aliphatic heterocycles. The third kappa shape index (κ3) is 2.72. The van der Waals surface area contributed by atoms with Crippen molar-refractivity contribution in [3.05, 3.63) is 21.9 Å². The van der Waals surface area contributed by atoms with Crippen LogP contribution in [0.5, 0.6) is 0 Å². The summed E-state index contributed by atoms with van der Waals surface area (Å²) in [6, 6.07) is 4.28. The number of hydrogen-bond donors (Lipinski definition) is 0. The standard InChI is InChI=1S/C19H26N2O2S2/c1-3-19(18(23)20-8-10-24-11-9-20)12-14-5-7-16(19)21(14)17(22)15-6-4-13(2)25-15/h4,6,14,16H,3,5,7-12H2,1-2H3/t14-,16+,19+/m0/s1. The van der Waals surface area contributed by atoms with E-state index in [1.54, 1.807) is 11.3 Å². The largest absolute Gasteiger partial charge is 0.340 e. The minimum Gasteiger partial charge on any atom is -0.340 e. The highest BCUT2D eigenvalue weighted by atomic mass is 32.2. The fraction of sp³-hybridized carbons (Fsp3) is 0.684. The van der Waals surface area contributed by atoms with Crippen LogP contribution in [0.15, 0.2) is 12.1 Å². The van der Waals surface area contributed by atoms with E-state index in [-0.39, 0.29) is 23.4 Å². The molecule has 1 aromatic rings. The number of amides is 2. The second-order valence-corrected chi connectivity index (χ2v) is 10.0. The van der Waals surface area contributed by atoms with Crippen molar-refractivity contribution in [1.82, 2.24) is 9.80 Å². The molecule has 25 heavy (non-hydrogen) atoms. The Hall–Kier alpha value is -1.01. The van der Waals surface area contributed by atoms with Gasteiger partial charge in [-0.1, -0.05) is 6.92 Å². The molecule has 3 aliphatic rings. The Labute approximate surface area is 157 Å². The lowest BCUT2D eigenvalue weighted by atomic mass is 9.70. The van der Waals surface area contributed by atoms with E-state index in [9.17, 15) is 9.59 Å². The number of carbonyl (C=O) groups excluding carboxylic acids is 2. The zero-order valence-electron chi connectivity index (χ0n) is 15.0. The zero-order valence-corrected chi connectivity index (χ0v) is 16.6. The van der Waals surface area contributed by atoms with Gasteiger partial charge in [-0.2, -0.15) is 11.8 Å². The van der Waals surface area contributed by atoms with Crippen LogP contribution in [0, 0.1) is 12.3 Å². The zero-order chi connectivity index (χ0) is 17.6. The van der Waals surface area contributed by atoms with Crippen molar-refractivity contribution < 1.29 is 9.59 Å². The lowest BCUT2D eigenvalue weighted by molar-refractivity contribution is -0.143. The Morgan fingerprint density at radius 1 is 1.24 bits per heavy atom. The van der Waals surface area contributed by atoms with Crippen molar-refractivity contribution in [2.24, 2.45) is 5.41 Å². The number of hydrogen-bond acceptors (Lipinski definition) is 4. The van der Waals surface area contributed by atoms with Gasteiger partial charge in [-0.05, 0) is 44.7 Å². The molecule has 0 N–H and O–H groups in total. The summed E-state index contributed by atoms with van der Waals surface area (Å²) >= 11 is 3.50. The summed E-state index contributed by atoms with van der Waals surface area (Å²) < 4.78 is 0. The monoisotopic (exact) mass is 378 g/mol. The van der Waals surface area contributed by atoms with E-state index in [2.05, 4.69) is 16.7 Å². The Morgan fingerprint density at radius 3 is 2.64 bits per heavy atom. The average molecular weight is 379 g/mol. The number of aryl methyl sites for hydroxylation is 1. The number of fused-ring (bicyclic) bond motifs is 2. The highest BCUT2D eigenvalue weighted by molar-refractivity contribution is 7.99. The van der Waals surface area contributed by atoms with E-state index in [1.807, 2.05) is 30.8 Å². The molecule has 3 atom stereocenters.